The molecule has 38 heavy (non-hydrogen) atoms. The first kappa shape index (κ1) is 26.4. The fourth-order valence-electron chi connectivity index (χ4n) is 9.98. The molecule has 0 amide bonds. The second kappa shape index (κ2) is 9.38. The van der Waals surface area contributed by atoms with Gasteiger partial charge in [0.15, 0.2) is 0 Å². The Labute approximate surface area is 224 Å². The number of nitrogens with zero attached hydrogens (tertiary/aromatic N) is 1. The van der Waals surface area contributed by atoms with E-state index in [0.29, 0.717) is 41.4 Å². The molecule has 4 aliphatic carbocycles. The lowest BCUT2D eigenvalue weighted by Crippen LogP contribution is -2.62. The number of hydrogen-bond acceptors (Lipinski definition) is 5. The third kappa shape index (κ3) is 3.98. The number of halogens is 1. The van der Waals surface area contributed by atoms with Crippen molar-refractivity contribution in [2.75, 3.05) is 0 Å². The predicted molar refractivity (Wildman–Crippen MR) is 144 cm³/mol. The number of H-pyrrole nitrogens is 1. The molecule has 0 radical (unpaired) electrons. The number of aliphatic hydroxyl groups is 3. The van der Waals surface area contributed by atoms with E-state index in [-0.39, 0.29) is 45.8 Å². The average molecular weight is 527 g/mol. The van der Waals surface area contributed by atoms with Gasteiger partial charge in [0.25, 0.3) is 5.56 Å². The molecular formula is C31H43FN2O4. The van der Waals surface area contributed by atoms with Crippen LogP contribution in [0.3, 0.4) is 0 Å². The van der Waals surface area contributed by atoms with Crippen molar-refractivity contribution in [2.45, 2.75) is 96.9 Å². The first-order valence-corrected chi connectivity index (χ1v) is 14.7. The van der Waals surface area contributed by atoms with Gasteiger partial charge < -0.3 is 20.3 Å². The number of aromatic nitrogens is 2. The maximum absolute atomic E-state index is 13.6. The summed E-state index contributed by atoms with van der Waals surface area (Å²) in [4.78, 5) is 19.9. The molecule has 0 aliphatic heterocycles. The molecule has 1 unspecified atom stereocenters. The summed E-state index contributed by atoms with van der Waals surface area (Å²) in [7, 11) is 0. The molecule has 2 aromatic rings. The highest BCUT2D eigenvalue weighted by molar-refractivity contribution is 5.77. The van der Waals surface area contributed by atoms with Crippen LogP contribution in [-0.4, -0.2) is 43.6 Å². The van der Waals surface area contributed by atoms with Crippen LogP contribution < -0.4 is 5.56 Å². The van der Waals surface area contributed by atoms with Crippen molar-refractivity contribution >= 4 is 10.9 Å². The Morgan fingerprint density at radius 2 is 1.89 bits per heavy atom. The lowest BCUT2D eigenvalue weighted by atomic mass is 9.43. The molecule has 208 valence electrons. The number of aliphatic hydroxyl groups excluding tert-OH is 3. The quantitative estimate of drug-likeness (QED) is 0.466. The minimum atomic E-state index is -0.447. The largest absolute Gasteiger partial charge is 0.393 e. The molecule has 4 fully saturated rings. The Kier molecular flexibility index (Phi) is 6.51. The molecule has 6 rings (SSSR count). The van der Waals surface area contributed by atoms with Gasteiger partial charge in [0.2, 0.25) is 0 Å². The third-order valence-electron chi connectivity index (χ3n) is 12.1. The first-order chi connectivity index (χ1) is 18.0. The SMILES string of the molecule is C[C@H](CCc1nc2ccc(F)cc2c(=O)[nH]1)[C@H]1CC[C@H]2[C@H]3C(C[C@H](O)[C@]12C)[C@@]1(C)CC[C@@H](O)C[C@H]1C[C@H]3O. The molecule has 0 saturated heterocycles. The summed E-state index contributed by atoms with van der Waals surface area (Å²) < 4.78 is 13.6. The highest BCUT2D eigenvalue weighted by Crippen LogP contribution is 2.68. The fraction of sp³-hybridized carbons (Fsp3) is 0.742. The van der Waals surface area contributed by atoms with E-state index in [1.807, 2.05) is 0 Å². The van der Waals surface area contributed by atoms with E-state index in [1.165, 1.54) is 12.1 Å². The van der Waals surface area contributed by atoms with Crippen molar-refractivity contribution in [3.05, 3.63) is 40.2 Å². The molecular weight excluding hydrogens is 483 g/mol. The van der Waals surface area contributed by atoms with Crippen LogP contribution in [0, 0.1) is 52.2 Å². The number of fused-ring (bicyclic) bond motifs is 6. The van der Waals surface area contributed by atoms with Crippen molar-refractivity contribution in [1.29, 1.82) is 0 Å². The minimum Gasteiger partial charge on any atom is -0.393 e. The van der Waals surface area contributed by atoms with Gasteiger partial charge >= 0.3 is 0 Å². The molecule has 6 nitrogen and oxygen atoms in total. The molecule has 1 aromatic carbocycles. The van der Waals surface area contributed by atoms with Gasteiger partial charge in [-0.3, -0.25) is 4.79 Å². The van der Waals surface area contributed by atoms with Crippen molar-refractivity contribution in [1.82, 2.24) is 9.97 Å². The van der Waals surface area contributed by atoms with Crippen LogP contribution in [0.4, 0.5) is 4.39 Å². The van der Waals surface area contributed by atoms with Gasteiger partial charge in [-0.2, -0.15) is 0 Å². The summed E-state index contributed by atoms with van der Waals surface area (Å²) in [5, 5.41) is 33.8. The lowest BCUT2D eigenvalue weighted by molar-refractivity contribution is -0.207. The molecule has 4 saturated carbocycles. The van der Waals surface area contributed by atoms with Crippen LogP contribution >= 0.6 is 0 Å². The summed E-state index contributed by atoms with van der Waals surface area (Å²) in [6.07, 6.45) is 6.55. The van der Waals surface area contributed by atoms with Gasteiger partial charge in [-0.05, 0) is 116 Å². The standard InChI is InChI=1S/C31H43FN2O4/c1-16(4-9-27-33-24-8-5-18(32)14-20(24)29(38)34-27)21-6-7-22-28-23(15-26(37)31(21,22)3)30(2)11-10-19(35)12-17(30)13-25(28)36/h5,8,14,16-17,19,21-23,25-26,28,35-37H,4,6-7,9-13,15H2,1-3H3,(H,33,34,38)/t16-,17+,19-,21-,22+,23?,25-,26+,28+,30+,31-/m1/s1. The van der Waals surface area contributed by atoms with Gasteiger partial charge in [0.1, 0.15) is 11.6 Å². The van der Waals surface area contributed by atoms with Gasteiger partial charge in [-0.25, -0.2) is 9.37 Å². The van der Waals surface area contributed by atoms with E-state index in [1.54, 1.807) is 6.07 Å². The minimum absolute atomic E-state index is 0.0751. The van der Waals surface area contributed by atoms with Crippen LogP contribution in [0.25, 0.3) is 10.9 Å². The number of benzene rings is 1. The van der Waals surface area contributed by atoms with Crippen molar-refractivity contribution < 1.29 is 19.7 Å². The van der Waals surface area contributed by atoms with Crippen molar-refractivity contribution in [3.63, 3.8) is 0 Å². The average Bonchev–Trinajstić information content (AvgIpc) is 3.23. The Bertz CT molecular complexity index is 1270. The molecule has 1 heterocycles. The van der Waals surface area contributed by atoms with Gasteiger partial charge in [0, 0.05) is 6.42 Å². The van der Waals surface area contributed by atoms with Gasteiger partial charge in [0.05, 0.1) is 29.2 Å². The zero-order valence-corrected chi connectivity index (χ0v) is 22.9. The van der Waals surface area contributed by atoms with E-state index in [2.05, 4.69) is 30.7 Å². The first-order valence-electron chi connectivity index (χ1n) is 14.7. The number of rotatable bonds is 4. The molecule has 7 heteroatoms. The van der Waals surface area contributed by atoms with E-state index < -0.39 is 11.9 Å². The molecule has 4 N–H and O–H groups in total. The molecule has 0 bridgehead atoms. The Balaban J connectivity index is 1.21. The summed E-state index contributed by atoms with van der Waals surface area (Å²) >= 11 is 0. The second-order valence-corrected chi connectivity index (χ2v) is 13.7. The highest BCUT2D eigenvalue weighted by Gasteiger charge is 2.65. The smallest absolute Gasteiger partial charge is 0.258 e. The second-order valence-electron chi connectivity index (χ2n) is 13.7. The Hall–Kier alpha value is -1.83. The maximum atomic E-state index is 13.6. The van der Waals surface area contributed by atoms with E-state index in [9.17, 15) is 24.5 Å². The number of aryl methyl sites for hydroxylation is 1. The zero-order chi connectivity index (χ0) is 27.0. The topological polar surface area (TPSA) is 106 Å². The Morgan fingerprint density at radius 3 is 2.68 bits per heavy atom. The monoisotopic (exact) mass is 526 g/mol. The molecule has 4 aliphatic rings. The van der Waals surface area contributed by atoms with E-state index in [0.717, 1.165) is 51.4 Å². The third-order valence-corrected chi connectivity index (χ3v) is 12.1. The summed E-state index contributed by atoms with van der Waals surface area (Å²) in [6, 6.07) is 4.11. The lowest BCUT2D eigenvalue weighted by Gasteiger charge is -2.63. The molecule has 0 spiro atoms. The summed E-state index contributed by atoms with van der Waals surface area (Å²) in [5.41, 5.74) is 0.0201. The van der Waals surface area contributed by atoms with E-state index >= 15 is 0 Å². The molecule has 1 aromatic heterocycles. The summed E-state index contributed by atoms with van der Waals surface area (Å²) in [5.74, 6) is 1.93. The maximum Gasteiger partial charge on any atom is 0.258 e. The predicted octanol–water partition coefficient (Wildman–Crippen LogP) is 4.59. The van der Waals surface area contributed by atoms with Crippen LogP contribution in [0.2, 0.25) is 0 Å². The van der Waals surface area contributed by atoms with Crippen LogP contribution in [0.15, 0.2) is 23.0 Å². The highest BCUT2D eigenvalue weighted by atomic mass is 19.1. The number of aromatic amines is 1. The van der Waals surface area contributed by atoms with E-state index in [4.69, 9.17) is 0 Å². The van der Waals surface area contributed by atoms with Gasteiger partial charge in [-0.15, -0.1) is 0 Å². The Morgan fingerprint density at radius 1 is 1.11 bits per heavy atom. The zero-order valence-electron chi connectivity index (χ0n) is 22.9. The normalized spacial score (nSPS) is 43.3. The summed E-state index contributed by atoms with van der Waals surface area (Å²) in [6.45, 7) is 6.88. The fourth-order valence-corrected chi connectivity index (χ4v) is 9.98. The van der Waals surface area contributed by atoms with Crippen molar-refractivity contribution in [3.8, 4) is 0 Å². The molecule has 11 atom stereocenters. The van der Waals surface area contributed by atoms with Crippen LogP contribution in [-0.2, 0) is 6.42 Å². The van der Waals surface area contributed by atoms with Gasteiger partial charge in [-0.1, -0.05) is 20.8 Å². The van der Waals surface area contributed by atoms with Crippen LogP contribution in [0.5, 0.6) is 0 Å². The number of hydrogen-bond donors (Lipinski definition) is 4. The number of nitrogens with one attached hydrogen (secondary N) is 1. The van der Waals surface area contributed by atoms with Crippen LogP contribution in [0.1, 0.15) is 78.0 Å². The van der Waals surface area contributed by atoms with Crippen molar-refractivity contribution in [2.24, 2.45) is 46.3 Å².